The number of hydrogen-bond donors (Lipinski definition) is 0. The van der Waals surface area contributed by atoms with Gasteiger partial charge >= 0.3 is 0 Å². The molecule has 1 aliphatic carbocycles. The van der Waals surface area contributed by atoms with Crippen molar-refractivity contribution in [2.75, 3.05) is 6.61 Å². The molecule has 0 amide bonds. The SMILES string of the molecule is CCCCOc1c(Cl)cc(Cl)c(Cl)c1C1=CC(=O)C=CC1=O. The molecule has 1 aliphatic rings. The molecule has 0 heterocycles. The molecule has 6 heteroatoms. The summed E-state index contributed by atoms with van der Waals surface area (Å²) < 4.78 is 5.68. The predicted molar refractivity (Wildman–Crippen MR) is 89.0 cm³/mol. The molecule has 0 aromatic heterocycles. The fourth-order valence-electron chi connectivity index (χ4n) is 1.98. The number of unbranched alkanes of at least 4 members (excludes halogenated alkanes) is 1. The second-order valence-corrected chi connectivity index (χ2v) is 5.91. The molecule has 0 bridgehead atoms. The van der Waals surface area contributed by atoms with E-state index < -0.39 is 0 Å². The van der Waals surface area contributed by atoms with Crippen molar-refractivity contribution in [2.24, 2.45) is 0 Å². The molecule has 1 aromatic carbocycles. The number of carbonyl (C=O) groups excluding carboxylic acids is 2. The lowest BCUT2D eigenvalue weighted by Crippen LogP contribution is -2.10. The van der Waals surface area contributed by atoms with Gasteiger partial charge in [-0.1, -0.05) is 48.1 Å². The minimum atomic E-state index is -0.347. The zero-order valence-corrected chi connectivity index (χ0v) is 14.1. The molecular weight excluding hydrogens is 347 g/mol. The molecule has 0 saturated heterocycles. The summed E-state index contributed by atoms with van der Waals surface area (Å²) in [7, 11) is 0. The third-order valence-electron chi connectivity index (χ3n) is 3.09. The highest BCUT2D eigenvalue weighted by Gasteiger charge is 2.25. The number of halogens is 3. The Balaban J connectivity index is 2.57. The van der Waals surface area contributed by atoms with Crippen LogP contribution in [0.4, 0.5) is 0 Å². The van der Waals surface area contributed by atoms with Crippen LogP contribution in [0.2, 0.25) is 15.1 Å². The Hall–Kier alpha value is -1.29. The van der Waals surface area contributed by atoms with E-state index in [0.717, 1.165) is 12.8 Å². The summed E-state index contributed by atoms with van der Waals surface area (Å²) in [5.41, 5.74) is 0.395. The summed E-state index contributed by atoms with van der Waals surface area (Å²) in [5.74, 6) is -0.381. The number of benzene rings is 1. The van der Waals surface area contributed by atoms with Gasteiger partial charge in [-0.25, -0.2) is 0 Å². The third-order valence-corrected chi connectivity index (χ3v) is 4.16. The van der Waals surface area contributed by atoms with Gasteiger partial charge in [0.2, 0.25) is 0 Å². The second kappa shape index (κ2) is 7.32. The largest absolute Gasteiger partial charge is 0.491 e. The number of rotatable bonds is 5. The van der Waals surface area contributed by atoms with E-state index >= 15 is 0 Å². The average molecular weight is 360 g/mol. The second-order valence-electron chi connectivity index (χ2n) is 4.72. The lowest BCUT2D eigenvalue weighted by Gasteiger charge is -2.17. The van der Waals surface area contributed by atoms with Crippen LogP contribution in [-0.4, -0.2) is 18.2 Å². The summed E-state index contributed by atoms with van der Waals surface area (Å²) in [5, 5.41) is 0.580. The zero-order valence-electron chi connectivity index (χ0n) is 11.8. The monoisotopic (exact) mass is 358 g/mol. The van der Waals surface area contributed by atoms with E-state index in [9.17, 15) is 9.59 Å². The highest BCUT2D eigenvalue weighted by molar-refractivity contribution is 6.47. The summed E-state index contributed by atoms with van der Waals surface area (Å²) in [6, 6.07) is 1.46. The molecule has 0 saturated carbocycles. The Morgan fingerprint density at radius 3 is 2.50 bits per heavy atom. The van der Waals surface area contributed by atoms with Gasteiger partial charge in [-0.2, -0.15) is 0 Å². The van der Waals surface area contributed by atoms with Crippen LogP contribution in [0.3, 0.4) is 0 Å². The zero-order chi connectivity index (χ0) is 16.3. The first-order valence-electron chi connectivity index (χ1n) is 6.74. The number of allylic oxidation sites excluding steroid dienone is 4. The first-order chi connectivity index (χ1) is 10.5. The summed E-state index contributed by atoms with van der Waals surface area (Å²) in [6.45, 7) is 2.45. The maximum Gasteiger partial charge on any atom is 0.186 e. The Morgan fingerprint density at radius 1 is 1.09 bits per heavy atom. The van der Waals surface area contributed by atoms with Crippen molar-refractivity contribution < 1.29 is 14.3 Å². The first-order valence-corrected chi connectivity index (χ1v) is 7.87. The first kappa shape index (κ1) is 17.1. The van der Waals surface area contributed by atoms with Crippen LogP contribution in [0.25, 0.3) is 5.57 Å². The van der Waals surface area contributed by atoms with E-state index in [1.54, 1.807) is 0 Å². The molecule has 1 aromatic rings. The van der Waals surface area contributed by atoms with Crippen molar-refractivity contribution >= 4 is 51.9 Å². The van der Waals surface area contributed by atoms with Crippen LogP contribution in [0.15, 0.2) is 24.3 Å². The Morgan fingerprint density at radius 2 is 1.82 bits per heavy atom. The number of carbonyl (C=O) groups is 2. The van der Waals surface area contributed by atoms with Gasteiger partial charge in [-0.3, -0.25) is 9.59 Å². The van der Waals surface area contributed by atoms with Gasteiger partial charge in [0.1, 0.15) is 5.75 Å². The summed E-state index contributed by atoms with van der Waals surface area (Å²) in [6.07, 6.45) is 5.37. The fraction of sp³-hybridized carbons (Fsp3) is 0.250. The van der Waals surface area contributed by atoms with E-state index in [4.69, 9.17) is 39.5 Å². The molecule has 2 rings (SSSR count). The highest BCUT2D eigenvalue weighted by atomic mass is 35.5. The molecule has 3 nitrogen and oxygen atoms in total. The van der Waals surface area contributed by atoms with E-state index in [2.05, 4.69) is 0 Å². The lowest BCUT2D eigenvalue weighted by atomic mass is 9.95. The van der Waals surface area contributed by atoms with E-state index in [1.165, 1.54) is 24.3 Å². The number of hydrogen-bond acceptors (Lipinski definition) is 3. The normalized spacial score (nSPS) is 14.3. The van der Waals surface area contributed by atoms with Gasteiger partial charge < -0.3 is 4.74 Å². The molecule has 0 unspecified atom stereocenters. The van der Waals surface area contributed by atoms with Gasteiger partial charge in [0.05, 0.1) is 21.7 Å². The van der Waals surface area contributed by atoms with Crippen LogP contribution in [0.5, 0.6) is 5.75 Å². The molecule has 22 heavy (non-hydrogen) atoms. The topological polar surface area (TPSA) is 43.4 Å². The van der Waals surface area contributed by atoms with Crippen LogP contribution >= 0.6 is 34.8 Å². The van der Waals surface area contributed by atoms with Crippen LogP contribution < -0.4 is 4.74 Å². The van der Waals surface area contributed by atoms with Crippen molar-refractivity contribution in [3.8, 4) is 5.75 Å². The quantitative estimate of drug-likeness (QED) is 0.426. The number of ketones is 2. The van der Waals surface area contributed by atoms with Crippen molar-refractivity contribution in [3.63, 3.8) is 0 Å². The molecule has 0 spiro atoms. The third kappa shape index (κ3) is 3.54. The van der Waals surface area contributed by atoms with Gasteiger partial charge in [-0.15, -0.1) is 0 Å². The van der Waals surface area contributed by atoms with Crippen LogP contribution in [-0.2, 0) is 9.59 Å². The molecule has 0 fully saturated rings. The van der Waals surface area contributed by atoms with Crippen LogP contribution in [0, 0.1) is 0 Å². The molecule has 0 radical (unpaired) electrons. The van der Waals surface area contributed by atoms with E-state index in [0.29, 0.717) is 6.61 Å². The molecule has 0 N–H and O–H groups in total. The standard InChI is InChI=1S/C16H13Cl3O3/c1-2-3-6-22-16-12(18)8-11(17)15(19)14(16)10-7-9(20)4-5-13(10)21/h4-5,7-8H,2-3,6H2,1H3. The predicted octanol–water partition coefficient (Wildman–Crippen LogP) is 4.92. The molecule has 0 aliphatic heterocycles. The van der Waals surface area contributed by atoms with Gasteiger partial charge in [0, 0.05) is 11.1 Å². The van der Waals surface area contributed by atoms with Gasteiger partial charge in [0.25, 0.3) is 0 Å². The molecule has 0 atom stereocenters. The minimum absolute atomic E-state index is 0.133. The van der Waals surface area contributed by atoms with Gasteiger partial charge in [-0.05, 0) is 30.7 Å². The van der Waals surface area contributed by atoms with Crippen molar-refractivity contribution in [2.45, 2.75) is 19.8 Å². The van der Waals surface area contributed by atoms with Crippen LogP contribution in [0.1, 0.15) is 25.3 Å². The smallest absolute Gasteiger partial charge is 0.186 e. The van der Waals surface area contributed by atoms with Gasteiger partial charge in [0.15, 0.2) is 11.6 Å². The van der Waals surface area contributed by atoms with Crippen molar-refractivity contribution in [1.29, 1.82) is 0 Å². The Labute approximate surface area is 143 Å². The van der Waals surface area contributed by atoms with Crippen molar-refractivity contribution in [3.05, 3.63) is 44.9 Å². The molecular formula is C16H13Cl3O3. The summed E-state index contributed by atoms with van der Waals surface area (Å²) >= 11 is 18.5. The van der Waals surface area contributed by atoms with E-state index in [1.807, 2.05) is 6.92 Å². The maximum atomic E-state index is 12.1. The van der Waals surface area contributed by atoms with Crippen molar-refractivity contribution in [1.82, 2.24) is 0 Å². The Bertz CT molecular complexity index is 690. The average Bonchev–Trinajstić information content (AvgIpc) is 2.47. The summed E-state index contributed by atoms with van der Waals surface area (Å²) in [4.78, 5) is 23.7. The molecule has 116 valence electrons. The number of ether oxygens (including phenoxy) is 1. The van der Waals surface area contributed by atoms with E-state index in [-0.39, 0.29) is 43.5 Å². The highest BCUT2D eigenvalue weighted by Crippen LogP contribution is 2.43. The minimum Gasteiger partial charge on any atom is -0.491 e. The maximum absolute atomic E-state index is 12.1. The Kier molecular flexibility index (Phi) is 5.68. The fourth-order valence-corrected chi connectivity index (χ4v) is 2.74. The lowest BCUT2D eigenvalue weighted by molar-refractivity contribution is -0.113.